The number of aromatic hydroxyl groups is 1. The second-order valence-electron chi connectivity index (χ2n) is 6.28. The van der Waals surface area contributed by atoms with Gasteiger partial charge in [-0.05, 0) is 24.3 Å². The topological polar surface area (TPSA) is 108 Å². The minimum atomic E-state index is -0.627. The number of allylic oxidation sites excluding steroid dienone is 1. The summed E-state index contributed by atoms with van der Waals surface area (Å²) in [5, 5.41) is 30.5. The van der Waals surface area contributed by atoms with E-state index >= 15 is 0 Å². The third-order valence-electron chi connectivity index (χ3n) is 4.76. The van der Waals surface area contributed by atoms with Gasteiger partial charge in [0.1, 0.15) is 18.1 Å². The van der Waals surface area contributed by atoms with E-state index in [2.05, 4.69) is 0 Å². The van der Waals surface area contributed by atoms with Gasteiger partial charge in [0.25, 0.3) is 11.5 Å². The lowest BCUT2D eigenvalue weighted by atomic mass is 9.92. The molecular weight excluding hydrogens is 350 g/mol. The predicted molar refractivity (Wildman–Crippen MR) is 92.9 cm³/mol. The van der Waals surface area contributed by atoms with Gasteiger partial charge in [-0.2, -0.15) is 4.57 Å². The van der Waals surface area contributed by atoms with Crippen molar-refractivity contribution in [3.8, 4) is 5.75 Å². The van der Waals surface area contributed by atoms with Gasteiger partial charge in [0.15, 0.2) is 5.75 Å². The lowest BCUT2D eigenvalue weighted by Crippen LogP contribution is -2.50. The average molecular weight is 368 g/mol. The molecule has 0 aliphatic carbocycles. The SMILES string of the molecule is O=C1C=C(c2ccco2)C(CO)[n+]2cc(O)c(Cc3ccco3)c(CO)c21. The number of furan rings is 2. The molecule has 138 valence electrons. The molecule has 3 aromatic rings. The van der Waals surface area contributed by atoms with Crippen molar-refractivity contribution in [1.29, 1.82) is 0 Å². The highest BCUT2D eigenvalue weighted by atomic mass is 16.3. The van der Waals surface area contributed by atoms with Crippen molar-refractivity contribution in [1.82, 2.24) is 0 Å². The first-order chi connectivity index (χ1) is 13.1. The van der Waals surface area contributed by atoms with Crippen LogP contribution in [0.3, 0.4) is 0 Å². The standard InChI is InChI=1S/C20H17NO6/c22-10-15-13(7-12-3-1-5-26-12)18(25)9-21-16(11-23)14(8-17(24)20(15)21)19-4-2-6-27-19/h1-6,8-9,16,22-23H,7,10-11H2/p+1. The summed E-state index contributed by atoms with van der Waals surface area (Å²) in [4.78, 5) is 12.9. The fourth-order valence-corrected chi connectivity index (χ4v) is 3.52. The highest BCUT2D eigenvalue weighted by Crippen LogP contribution is 2.33. The number of fused-ring (bicyclic) bond motifs is 1. The molecule has 3 aromatic heterocycles. The summed E-state index contributed by atoms with van der Waals surface area (Å²) < 4.78 is 12.2. The fraction of sp³-hybridized carbons (Fsp3) is 0.200. The van der Waals surface area contributed by atoms with Crippen molar-refractivity contribution in [3.63, 3.8) is 0 Å². The molecule has 1 aliphatic rings. The first kappa shape index (κ1) is 17.3. The van der Waals surface area contributed by atoms with E-state index in [-0.39, 0.29) is 30.3 Å². The molecule has 3 N–H and O–H groups in total. The molecule has 1 unspecified atom stereocenters. The Hall–Kier alpha value is -3.16. The van der Waals surface area contributed by atoms with Gasteiger partial charge in [0.2, 0.25) is 12.2 Å². The van der Waals surface area contributed by atoms with Crippen LogP contribution in [0.25, 0.3) is 5.57 Å². The van der Waals surface area contributed by atoms with E-state index in [0.717, 1.165) is 0 Å². The van der Waals surface area contributed by atoms with Crippen LogP contribution < -0.4 is 4.57 Å². The maximum absolute atomic E-state index is 12.9. The number of nitrogens with zero attached hydrogens (tertiary/aromatic N) is 1. The number of pyridine rings is 1. The van der Waals surface area contributed by atoms with Crippen LogP contribution in [0, 0.1) is 0 Å². The summed E-state index contributed by atoms with van der Waals surface area (Å²) in [6.45, 7) is -0.743. The van der Waals surface area contributed by atoms with Crippen molar-refractivity contribution >= 4 is 11.4 Å². The summed E-state index contributed by atoms with van der Waals surface area (Å²) >= 11 is 0. The van der Waals surface area contributed by atoms with Crippen LogP contribution in [0.2, 0.25) is 0 Å². The van der Waals surface area contributed by atoms with Gasteiger partial charge in [0.05, 0.1) is 30.3 Å². The Bertz CT molecular complexity index is 1000. The van der Waals surface area contributed by atoms with E-state index in [0.29, 0.717) is 28.2 Å². The highest BCUT2D eigenvalue weighted by molar-refractivity contribution is 6.08. The maximum atomic E-state index is 12.9. The van der Waals surface area contributed by atoms with E-state index in [4.69, 9.17) is 8.83 Å². The number of carbonyl (C=O) groups excluding carboxylic acids is 1. The lowest BCUT2D eigenvalue weighted by Gasteiger charge is -2.21. The second kappa shape index (κ2) is 6.86. The van der Waals surface area contributed by atoms with E-state index in [1.165, 1.54) is 29.4 Å². The van der Waals surface area contributed by atoms with Crippen LogP contribution in [-0.2, 0) is 13.0 Å². The van der Waals surface area contributed by atoms with Crippen LogP contribution in [0.15, 0.2) is 57.9 Å². The third kappa shape index (κ3) is 2.87. The number of hydrogen-bond donors (Lipinski definition) is 3. The third-order valence-corrected chi connectivity index (χ3v) is 4.76. The van der Waals surface area contributed by atoms with E-state index in [9.17, 15) is 20.1 Å². The molecule has 4 heterocycles. The minimum Gasteiger partial charge on any atom is -0.502 e. The number of aliphatic hydroxyl groups is 2. The Kier molecular flexibility index (Phi) is 4.39. The Morgan fingerprint density at radius 3 is 2.48 bits per heavy atom. The zero-order valence-corrected chi connectivity index (χ0v) is 14.3. The van der Waals surface area contributed by atoms with Gasteiger partial charge in [-0.1, -0.05) is 0 Å². The summed E-state index contributed by atoms with van der Waals surface area (Å²) in [7, 11) is 0. The van der Waals surface area contributed by atoms with Crippen molar-refractivity contribution in [3.05, 3.63) is 77.4 Å². The van der Waals surface area contributed by atoms with Gasteiger partial charge < -0.3 is 24.2 Å². The van der Waals surface area contributed by atoms with Crippen molar-refractivity contribution in [2.24, 2.45) is 0 Å². The lowest BCUT2D eigenvalue weighted by molar-refractivity contribution is -0.714. The normalized spacial score (nSPS) is 16.3. The van der Waals surface area contributed by atoms with E-state index in [1.54, 1.807) is 24.3 Å². The number of carbonyl (C=O) groups is 1. The maximum Gasteiger partial charge on any atom is 0.259 e. The van der Waals surface area contributed by atoms with Crippen LogP contribution in [0.1, 0.15) is 39.2 Å². The Morgan fingerprint density at radius 1 is 1.07 bits per heavy atom. The molecule has 0 fully saturated rings. The molecule has 0 aromatic carbocycles. The molecule has 4 rings (SSSR count). The average Bonchev–Trinajstić information content (AvgIpc) is 3.36. The number of aromatic nitrogens is 1. The number of hydrogen-bond acceptors (Lipinski definition) is 6. The zero-order chi connectivity index (χ0) is 19.0. The molecule has 0 bridgehead atoms. The molecule has 1 aliphatic heterocycles. The van der Waals surface area contributed by atoms with Crippen LogP contribution in [0.5, 0.6) is 5.75 Å². The number of rotatable bonds is 5. The van der Waals surface area contributed by atoms with Gasteiger partial charge in [-0.3, -0.25) is 4.79 Å². The molecule has 0 amide bonds. The smallest absolute Gasteiger partial charge is 0.259 e. The molecular formula is C20H18NO6+. The molecule has 0 saturated heterocycles. The number of aliphatic hydroxyl groups excluding tert-OH is 2. The van der Waals surface area contributed by atoms with Gasteiger partial charge >= 0.3 is 0 Å². The Labute approximate surface area is 154 Å². The molecule has 0 radical (unpaired) electrons. The van der Waals surface area contributed by atoms with E-state index < -0.39 is 12.6 Å². The van der Waals surface area contributed by atoms with E-state index in [1.807, 2.05) is 0 Å². The van der Waals surface area contributed by atoms with Crippen LogP contribution >= 0.6 is 0 Å². The highest BCUT2D eigenvalue weighted by Gasteiger charge is 2.40. The molecule has 1 atom stereocenters. The van der Waals surface area contributed by atoms with Crippen LogP contribution in [-0.4, -0.2) is 27.7 Å². The quantitative estimate of drug-likeness (QED) is 0.593. The first-order valence-corrected chi connectivity index (χ1v) is 8.46. The largest absolute Gasteiger partial charge is 0.502 e. The fourth-order valence-electron chi connectivity index (χ4n) is 3.52. The summed E-state index contributed by atoms with van der Waals surface area (Å²) in [5.41, 5.74) is 1.46. The number of ketones is 1. The summed E-state index contributed by atoms with van der Waals surface area (Å²) in [6, 6.07) is 6.24. The molecule has 0 saturated carbocycles. The van der Waals surface area contributed by atoms with Crippen LogP contribution in [0.4, 0.5) is 0 Å². The molecule has 7 nitrogen and oxygen atoms in total. The van der Waals surface area contributed by atoms with Gasteiger partial charge in [0, 0.05) is 18.1 Å². The summed E-state index contributed by atoms with van der Waals surface area (Å²) in [6.07, 6.45) is 6.04. The monoisotopic (exact) mass is 368 g/mol. The molecule has 7 heteroatoms. The van der Waals surface area contributed by atoms with Crippen molar-refractivity contribution in [2.45, 2.75) is 19.1 Å². The molecule has 27 heavy (non-hydrogen) atoms. The van der Waals surface area contributed by atoms with Crippen molar-refractivity contribution in [2.75, 3.05) is 6.61 Å². The first-order valence-electron chi connectivity index (χ1n) is 8.46. The molecule has 0 spiro atoms. The zero-order valence-electron chi connectivity index (χ0n) is 14.3. The van der Waals surface area contributed by atoms with Crippen molar-refractivity contribution < 1.29 is 33.5 Å². The van der Waals surface area contributed by atoms with Gasteiger partial charge in [-0.25, -0.2) is 0 Å². The Morgan fingerprint density at radius 2 is 1.85 bits per heavy atom. The minimum absolute atomic E-state index is 0.0915. The Balaban J connectivity index is 1.88. The summed E-state index contributed by atoms with van der Waals surface area (Å²) in [5.74, 6) is 0.631. The predicted octanol–water partition coefficient (Wildman–Crippen LogP) is 1.76. The second-order valence-corrected chi connectivity index (χ2v) is 6.28. The van der Waals surface area contributed by atoms with Gasteiger partial charge in [-0.15, -0.1) is 0 Å².